The number of ether oxygens (including phenoxy) is 1. The molecule has 0 aromatic heterocycles. The fourth-order valence-electron chi connectivity index (χ4n) is 3.17. The van der Waals surface area contributed by atoms with Gasteiger partial charge in [0.2, 0.25) is 0 Å². The van der Waals surface area contributed by atoms with E-state index >= 15 is 0 Å². The molecule has 1 aliphatic rings. The highest BCUT2D eigenvalue weighted by atomic mass is 16.5. The quantitative estimate of drug-likeness (QED) is 0.649. The molecule has 2 N–H and O–H groups in total. The number of hydrogen-bond donors (Lipinski definition) is 2. The van der Waals surface area contributed by atoms with Gasteiger partial charge in [0.1, 0.15) is 0 Å². The average molecular weight is 339 g/mol. The number of guanidine groups is 1. The lowest BCUT2D eigenvalue weighted by molar-refractivity contribution is 0.370. The molecule has 0 bridgehead atoms. The zero-order valence-electron chi connectivity index (χ0n) is 14.8. The number of para-hydroxylation sites is 2. The topological polar surface area (TPSA) is 57.1 Å². The summed E-state index contributed by atoms with van der Waals surface area (Å²) in [7, 11) is 1.56. The SMILES string of the molecule is CCNC(=NCCc1cccc(OC)c1O)N1CCc2ccccc21. The fourth-order valence-corrected chi connectivity index (χ4v) is 3.17. The number of nitrogens with one attached hydrogen (secondary N) is 1. The molecule has 132 valence electrons. The molecular formula is C20H25N3O2. The molecule has 2 aromatic rings. The zero-order valence-corrected chi connectivity index (χ0v) is 14.8. The first-order chi connectivity index (χ1) is 12.2. The van der Waals surface area contributed by atoms with Crippen LogP contribution >= 0.6 is 0 Å². The summed E-state index contributed by atoms with van der Waals surface area (Å²) in [5.41, 5.74) is 3.44. The second-order valence-electron chi connectivity index (χ2n) is 5.98. The van der Waals surface area contributed by atoms with Crippen LogP contribution in [-0.4, -0.2) is 37.8 Å². The number of hydrogen-bond acceptors (Lipinski definition) is 3. The first kappa shape index (κ1) is 17.1. The molecule has 0 aliphatic carbocycles. The number of aromatic hydroxyl groups is 1. The highest BCUT2D eigenvalue weighted by Crippen LogP contribution is 2.30. The van der Waals surface area contributed by atoms with E-state index in [1.165, 1.54) is 11.3 Å². The van der Waals surface area contributed by atoms with Crippen LogP contribution in [0.4, 0.5) is 5.69 Å². The van der Waals surface area contributed by atoms with Crippen LogP contribution in [0.5, 0.6) is 11.5 Å². The molecule has 2 aromatic carbocycles. The molecule has 3 rings (SSSR count). The average Bonchev–Trinajstić information content (AvgIpc) is 3.06. The van der Waals surface area contributed by atoms with E-state index in [9.17, 15) is 5.11 Å². The van der Waals surface area contributed by atoms with Gasteiger partial charge >= 0.3 is 0 Å². The number of methoxy groups -OCH3 is 1. The van der Waals surface area contributed by atoms with Crippen LogP contribution in [0.1, 0.15) is 18.1 Å². The number of anilines is 1. The number of fused-ring (bicyclic) bond motifs is 1. The highest BCUT2D eigenvalue weighted by Gasteiger charge is 2.22. The maximum atomic E-state index is 10.2. The molecule has 25 heavy (non-hydrogen) atoms. The molecule has 5 nitrogen and oxygen atoms in total. The van der Waals surface area contributed by atoms with Gasteiger partial charge in [-0.25, -0.2) is 0 Å². The van der Waals surface area contributed by atoms with Crippen LogP contribution in [0.3, 0.4) is 0 Å². The molecule has 0 radical (unpaired) electrons. The van der Waals surface area contributed by atoms with Gasteiger partial charge in [0, 0.05) is 25.3 Å². The Labute approximate surface area is 149 Å². The van der Waals surface area contributed by atoms with Crippen molar-refractivity contribution in [1.82, 2.24) is 5.32 Å². The molecule has 0 spiro atoms. The Morgan fingerprint density at radius 3 is 2.88 bits per heavy atom. The molecule has 0 saturated heterocycles. The summed E-state index contributed by atoms with van der Waals surface area (Å²) in [6.45, 7) is 4.44. The van der Waals surface area contributed by atoms with E-state index in [0.717, 1.165) is 31.0 Å². The number of phenols is 1. The van der Waals surface area contributed by atoms with E-state index < -0.39 is 0 Å². The van der Waals surface area contributed by atoms with E-state index in [0.29, 0.717) is 18.7 Å². The van der Waals surface area contributed by atoms with Crippen molar-refractivity contribution in [2.45, 2.75) is 19.8 Å². The van der Waals surface area contributed by atoms with Crippen molar-refractivity contribution >= 4 is 11.6 Å². The summed E-state index contributed by atoms with van der Waals surface area (Å²) in [5.74, 6) is 1.61. The van der Waals surface area contributed by atoms with Crippen LogP contribution in [-0.2, 0) is 12.8 Å². The third kappa shape index (κ3) is 3.71. The minimum atomic E-state index is 0.205. The van der Waals surface area contributed by atoms with Gasteiger partial charge < -0.3 is 20.1 Å². The number of rotatable bonds is 5. The van der Waals surface area contributed by atoms with Gasteiger partial charge in [0.25, 0.3) is 0 Å². The van der Waals surface area contributed by atoms with Gasteiger partial charge in [-0.05, 0) is 43.0 Å². The lowest BCUT2D eigenvalue weighted by Gasteiger charge is -2.22. The van der Waals surface area contributed by atoms with Crippen molar-refractivity contribution in [2.24, 2.45) is 4.99 Å². The molecule has 1 aliphatic heterocycles. The zero-order chi connectivity index (χ0) is 17.6. The Balaban J connectivity index is 1.74. The standard InChI is InChI=1S/C20H25N3O2/c1-3-21-20(23-14-12-15-7-4-5-9-17(15)23)22-13-11-16-8-6-10-18(25-2)19(16)24/h4-10,24H,3,11-14H2,1-2H3,(H,21,22). The minimum absolute atomic E-state index is 0.205. The van der Waals surface area contributed by atoms with Crippen molar-refractivity contribution in [3.63, 3.8) is 0 Å². The molecule has 0 atom stereocenters. The smallest absolute Gasteiger partial charge is 0.198 e. The second kappa shape index (κ2) is 7.92. The van der Waals surface area contributed by atoms with Gasteiger partial charge in [0.15, 0.2) is 17.5 Å². The Bertz CT molecular complexity index is 758. The van der Waals surface area contributed by atoms with Crippen molar-refractivity contribution < 1.29 is 9.84 Å². The van der Waals surface area contributed by atoms with Crippen LogP contribution in [0, 0.1) is 0 Å². The molecule has 0 amide bonds. The van der Waals surface area contributed by atoms with Crippen molar-refractivity contribution in [3.8, 4) is 11.5 Å². The van der Waals surface area contributed by atoms with E-state index in [-0.39, 0.29) is 5.75 Å². The van der Waals surface area contributed by atoms with Crippen LogP contribution in [0.25, 0.3) is 0 Å². The summed E-state index contributed by atoms with van der Waals surface area (Å²) >= 11 is 0. The molecule has 0 saturated carbocycles. The summed E-state index contributed by atoms with van der Waals surface area (Å²) in [4.78, 5) is 7.01. The first-order valence-corrected chi connectivity index (χ1v) is 8.73. The second-order valence-corrected chi connectivity index (χ2v) is 5.98. The van der Waals surface area contributed by atoms with Crippen LogP contribution in [0.15, 0.2) is 47.5 Å². The lowest BCUT2D eigenvalue weighted by atomic mass is 10.1. The van der Waals surface area contributed by atoms with E-state index in [1.54, 1.807) is 13.2 Å². The maximum absolute atomic E-state index is 10.2. The van der Waals surface area contributed by atoms with Crippen LogP contribution < -0.4 is 15.0 Å². The van der Waals surface area contributed by atoms with Crippen molar-refractivity contribution in [3.05, 3.63) is 53.6 Å². The van der Waals surface area contributed by atoms with Gasteiger partial charge in [-0.15, -0.1) is 0 Å². The summed E-state index contributed by atoms with van der Waals surface area (Å²) < 4.78 is 5.17. The monoisotopic (exact) mass is 339 g/mol. The molecular weight excluding hydrogens is 314 g/mol. The van der Waals surface area contributed by atoms with Gasteiger partial charge in [-0.1, -0.05) is 30.3 Å². The molecule has 1 heterocycles. The number of aliphatic imine (C=N–C) groups is 1. The summed E-state index contributed by atoms with van der Waals surface area (Å²) in [6.07, 6.45) is 1.70. The predicted molar refractivity (Wildman–Crippen MR) is 102 cm³/mol. The normalized spacial score (nSPS) is 13.7. The number of nitrogens with zero attached hydrogens (tertiary/aromatic N) is 2. The van der Waals surface area contributed by atoms with Gasteiger partial charge in [0.05, 0.1) is 7.11 Å². The first-order valence-electron chi connectivity index (χ1n) is 8.73. The number of benzene rings is 2. The van der Waals surface area contributed by atoms with Crippen molar-refractivity contribution in [1.29, 1.82) is 0 Å². The van der Waals surface area contributed by atoms with Crippen molar-refractivity contribution in [2.75, 3.05) is 31.6 Å². The predicted octanol–water partition coefficient (Wildman–Crippen LogP) is 2.97. The summed E-state index contributed by atoms with van der Waals surface area (Å²) in [6, 6.07) is 14.0. The Hall–Kier alpha value is -2.69. The van der Waals surface area contributed by atoms with E-state index in [4.69, 9.17) is 9.73 Å². The maximum Gasteiger partial charge on any atom is 0.198 e. The van der Waals surface area contributed by atoms with E-state index in [2.05, 4.69) is 41.4 Å². The minimum Gasteiger partial charge on any atom is -0.504 e. The largest absolute Gasteiger partial charge is 0.504 e. The van der Waals surface area contributed by atoms with E-state index in [1.807, 2.05) is 12.1 Å². The van der Waals surface area contributed by atoms with Gasteiger partial charge in [-0.2, -0.15) is 0 Å². The third-order valence-corrected chi connectivity index (χ3v) is 4.42. The Morgan fingerprint density at radius 2 is 2.08 bits per heavy atom. The Kier molecular flexibility index (Phi) is 5.43. The Morgan fingerprint density at radius 1 is 1.24 bits per heavy atom. The van der Waals surface area contributed by atoms with Gasteiger partial charge in [-0.3, -0.25) is 4.99 Å². The lowest BCUT2D eigenvalue weighted by Crippen LogP contribution is -2.40. The highest BCUT2D eigenvalue weighted by molar-refractivity contribution is 5.97. The molecule has 5 heteroatoms. The fraction of sp³-hybridized carbons (Fsp3) is 0.350. The van der Waals surface area contributed by atoms with Crippen LogP contribution in [0.2, 0.25) is 0 Å². The summed E-state index contributed by atoms with van der Waals surface area (Å²) in [5, 5.41) is 13.6. The third-order valence-electron chi connectivity index (χ3n) is 4.42. The molecule has 0 unspecified atom stereocenters. The number of phenolic OH excluding ortho intramolecular Hbond substituents is 1. The molecule has 0 fully saturated rings.